The fourth-order valence-corrected chi connectivity index (χ4v) is 2.79. The Bertz CT molecular complexity index is 599. The molecule has 2 aromatic rings. The third-order valence-corrected chi connectivity index (χ3v) is 4.09. The van der Waals surface area contributed by atoms with Crippen LogP contribution < -0.4 is 5.32 Å². The van der Waals surface area contributed by atoms with Crippen LogP contribution in [0.3, 0.4) is 0 Å². The second-order valence-electron chi connectivity index (χ2n) is 5.62. The highest BCUT2D eigenvalue weighted by Gasteiger charge is 2.09. The van der Waals surface area contributed by atoms with Gasteiger partial charge in [0.1, 0.15) is 0 Å². The van der Waals surface area contributed by atoms with Crippen LogP contribution in [0.4, 0.5) is 5.69 Å². The maximum Gasteiger partial charge on any atom is 0.0372 e. The summed E-state index contributed by atoms with van der Waals surface area (Å²) in [5.41, 5.74) is 8.40. The zero-order valence-corrected chi connectivity index (χ0v) is 11.8. The van der Waals surface area contributed by atoms with E-state index in [0.717, 1.165) is 13.0 Å². The van der Waals surface area contributed by atoms with E-state index in [1.165, 1.54) is 46.3 Å². The summed E-state index contributed by atoms with van der Waals surface area (Å²) < 4.78 is 0. The molecule has 3 rings (SSSR count). The SMILES string of the molecule is Cc1ccc(Cc2ccc3c(c2)CCCN3)cc1C. The fraction of sp³-hybridized carbons (Fsp3) is 0.333. The zero-order valence-electron chi connectivity index (χ0n) is 11.8. The first-order chi connectivity index (χ1) is 9.22. The van der Waals surface area contributed by atoms with Crippen molar-refractivity contribution < 1.29 is 0 Å². The van der Waals surface area contributed by atoms with Crippen LogP contribution in [0.5, 0.6) is 0 Å². The van der Waals surface area contributed by atoms with Gasteiger partial charge in [0.15, 0.2) is 0 Å². The minimum atomic E-state index is 1.04. The van der Waals surface area contributed by atoms with Gasteiger partial charge < -0.3 is 5.32 Å². The Morgan fingerprint density at radius 1 is 0.947 bits per heavy atom. The Balaban J connectivity index is 1.84. The molecular formula is C18H21N. The van der Waals surface area contributed by atoms with Crippen LogP contribution >= 0.6 is 0 Å². The van der Waals surface area contributed by atoms with Crippen LogP contribution in [0.1, 0.15) is 34.2 Å². The number of hydrogen-bond donors (Lipinski definition) is 1. The number of benzene rings is 2. The van der Waals surface area contributed by atoms with Crippen molar-refractivity contribution in [3.8, 4) is 0 Å². The molecule has 0 amide bonds. The second-order valence-corrected chi connectivity index (χ2v) is 5.62. The molecular weight excluding hydrogens is 230 g/mol. The molecule has 1 heteroatoms. The smallest absolute Gasteiger partial charge is 0.0372 e. The topological polar surface area (TPSA) is 12.0 Å². The van der Waals surface area contributed by atoms with E-state index < -0.39 is 0 Å². The molecule has 0 aliphatic carbocycles. The third-order valence-electron chi connectivity index (χ3n) is 4.09. The maximum atomic E-state index is 3.47. The summed E-state index contributed by atoms with van der Waals surface area (Å²) in [5.74, 6) is 0. The van der Waals surface area contributed by atoms with E-state index in [1.807, 2.05) is 0 Å². The van der Waals surface area contributed by atoms with Gasteiger partial charge in [0, 0.05) is 12.2 Å². The van der Waals surface area contributed by atoms with Gasteiger partial charge in [-0.2, -0.15) is 0 Å². The molecule has 1 aliphatic rings. The van der Waals surface area contributed by atoms with E-state index in [0.29, 0.717) is 0 Å². The lowest BCUT2D eigenvalue weighted by atomic mass is 9.96. The monoisotopic (exact) mass is 251 g/mol. The van der Waals surface area contributed by atoms with E-state index in [9.17, 15) is 0 Å². The van der Waals surface area contributed by atoms with Gasteiger partial charge in [-0.25, -0.2) is 0 Å². The molecule has 1 nitrogen and oxygen atoms in total. The van der Waals surface area contributed by atoms with E-state index in [1.54, 1.807) is 0 Å². The lowest BCUT2D eigenvalue weighted by molar-refractivity contribution is 0.828. The predicted octanol–water partition coefficient (Wildman–Crippen LogP) is 4.25. The van der Waals surface area contributed by atoms with Crippen LogP contribution in [-0.4, -0.2) is 6.54 Å². The van der Waals surface area contributed by atoms with Crippen molar-refractivity contribution in [2.75, 3.05) is 11.9 Å². The third kappa shape index (κ3) is 2.65. The van der Waals surface area contributed by atoms with Crippen molar-refractivity contribution in [3.63, 3.8) is 0 Å². The summed E-state index contributed by atoms with van der Waals surface area (Å²) in [6, 6.07) is 13.7. The van der Waals surface area contributed by atoms with Crippen LogP contribution in [0.2, 0.25) is 0 Å². The molecule has 0 spiro atoms. The minimum Gasteiger partial charge on any atom is -0.385 e. The van der Waals surface area contributed by atoms with Crippen molar-refractivity contribution in [1.29, 1.82) is 0 Å². The van der Waals surface area contributed by atoms with Crippen molar-refractivity contribution in [1.82, 2.24) is 0 Å². The molecule has 0 atom stereocenters. The Labute approximate surface area is 115 Å². The summed E-state index contributed by atoms with van der Waals surface area (Å²) in [5, 5.41) is 3.47. The summed E-state index contributed by atoms with van der Waals surface area (Å²) >= 11 is 0. The fourth-order valence-electron chi connectivity index (χ4n) is 2.79. The van der Waals surface area contributed by atoms with E-state index >= 15 is 0 Å². The van der Waals surface area contributed by atoms with Crippen molar-refractivity contribution in [2.24, 2.45) is 0 Å². The van der Waals surface area contributed by atoms with Gasteiger partial charge >= 0.3 is 0 Å². The van der Waals surface area contributed by atoms with Gasteiger partial charge in [0.05, 0.1) is 0 Å². The summed E-state index contributed by atoms with van der Waals surface area (Å²) in [6.07, 6.45) is 3.50. The van der Waals surface area contributed by atoms with E-state index in [-0.39, 0.29) is 0 Å². The molecule has 1 heterocycles. The summed E-state index contributed by atoms with van der Waals surface area (Å²) in [7, 11) is 0. The van der Waals surface area contributed by atoms with Gasteiger partial charge in [0.25, 0.3) is 0 Å². The number of rotatable bonds is 2. The average molecular weight is 251 g/mol. The summed E-state index contributed by atoms with van der Waals surface area (Å²) in [4.78, 5) is 0. The van der Waals surface area contributed by atoms with Gasteiger partial charge in [-0.3, -0.25) is 0 Å². The number of aryl methyl sites for hydroxylation is 3. The van der Waals surface area contributed by atoms with E-state index in [2.05, 4.69) is 55.6 Å². The summed E-state index contributed by atoms with van der Waals surface area (Å²) in [6.45, 7) is 5.47. The highest BCUT2D eigenvalue weighted by molar-refractivity contribution is 5.54. The first-order valence-corrected chi connectivity index (χ1v) is 7.14. The molecule has 0 radical (unpaired) electrons. The Morgan fingerprint density at radius 3 is 2.58 bits per heavy atom. The van der Waals surface area contributed by atoms with Gasteiger partial charge in [-0.15, -0.1) is 0 Å². The molecule has 0 fully saturated rings. The van der Waals surface area contributed by atoms with Crippen LogP contribution in [0.25, 0.3) is 0 Å². The largest absolute Gasteiger partial charge is 0.385 e. The van der Waals surface area contributed by atoms with Crippen LogP contribution in [-0.2, 0) is 12.8 Å². The quantitative estimate of drug-likeness (QED) is 0.841. The lowest BCUT2D eigenvalue weighted by Gasteiger charge is -2.18. The average Bonchev–Trinajstić information content (AvgIpc) is 2.43. The minimum absolute atomic E-state index is 1.04. The van der Waals surface area contributed by atoms with Crippen LogP contribution in [0.15, 0.2) is 36.4 Å². The van der Waals surface area contributed by atoms with Crippen molar-refractivity contribution >= 4 is 5.69 Å². The Kier molecular flexibility index (Phi) is 3.29. The Morgan fingerprint density at radius 2 is 1.74 bits per heavy atom. The van der Waals surface area contributed by atoms with Crippen molar-refractivity contribution in [2.45, 2.75) is 33.1 Å². The maximum absolute atomic E-state index is 3.47. The standard InChI is InChI=1S/C18H21N/c1-13-5-6-15(10-14(13)2)11-16-7-8-18-17(12-16)4-3-9-19-18/h5-8,10,12,19H,3-4,9,11H2,1-2H3. The van der Waals surface area contributed by atoms with Crippen LogP contribution in [0, 0.1) is 13.8 Å². The highest BCUT2D eigenvalue weighted by atomic mass is 14.9. The molecule has 2 aromatic carbocycles. The molecule has 1 aliphatic heterocycles. The predicted molar refractivity (Wildman–Crippen MR) is 82.0 cm³/mol. The first kappa shape index (κ1) is 12.3. The normalized spacial score (nSPS) is 13.8. The number of hydrogen-bond acceptors (Lipinski definition) is 1. The Hall–Kier alpha value is -1.76. The van der Waals surface area contributed by atoms with Gasteiger partial charge in [0.2, 0.25) is 0 Å². The van der Waals surface area contributed by atoms with Gasteiger partial charge in [-0.05, 0) is 67.0 Å². The number of anilines is 1. The first-order valence-electron chi connectivity index (χ1n) is 7.14. The molecule has 1 N–H and O–H groups in total. The zero-order chi connectivity index (χ0) is 13.2. The highest BCUT2D eigenvalue weighted by Crippen LogP contribution is 2.24. The molecule has 19 heavy (non-hydrogen) atoms. The molecule has 98 valence electrons. The molecule has 0 saturated carbocycles. The molecule has 0 aromatic heterocycles. The molecule has 0 unspecified atom stereocenters. The molecule has 0 saturated heterocycles. The molecule has 0 bridgehead atoms. The lowest BCUT2D eigenvalue weighted by Crippen LogP contribution is -2.11. The number of fused-ring (bicyclic) bond motifs is 1. The number of nitrogens with one attached hydrogen (secondary N) is 1. The second kappa shape index (κ2) is 5.08. The van der Waals surface area contributed by atoms with E-state index in [4.69, 9.17) is 0 Å². The van der Waals surface area contributed by atoms with Crippen molar-refractivity contribution in [3.05, 3.63) is 64.2 Å². The van der Waals surface area contributed by atoms with Gasteiger partial charge in [-0.1, -0.05) is 30.3 Å².